The minimum absolute atomic E-state index is 0.0615. The SMILES string of the molecule is C=C[C@@]1(C)CC(n2ccc3c(N)ncc(F)c32)[C@@H]2OC(C)(C)O[C@@H]21. The number of fused-ring (bicyclic) bond motifs is 2. The smallest absolute Gasteiger partial charge is 0.165 e. The molecule has 0 radical (unpaired) electrons. The van der Waals surface area contributed by atoms with Crippen LogP contribution >= 0.6 is 0 Å². The zero-order valence-electron chi connectivity index (χ0n) is 14.1. The molecule has 3 heterocycles. The number of rotatable bonds is 2. The van der Waals surface area contributed by atoms with E-state index in [4.69, 9.17) is 15.2 Å². The number of nitrogens with two attached hydrogens (primary N) is 1. The Balaban J connectivity index is 1.85. The topological polar surface area (TPSA) is 62.3 Å². The highest BCUT2D eigenvalue weighted by molar-refractivity contribution is 5.89. The molecule has 6 heteroatoms. The first kappa shape index (κ1) is 15.6. The molecule has 0 bridgehead atoms. The molecule has 2 fully saturated rings. The highest BCUT2D eigenvalue weighted by Crippen LogP contribution is 2.54. The Morgan fingerprint density at radius 3 is 2.88 bits per heavy atom. The first-order chi connectivity index (χ1) is 11.3. The zero-order valence-corrected chi connectivity index (χ0v) is 14.1. The minimum atomic E-state index is -0.666. The third kappa shape index (κ3) is 2.03. The molecule has 4 atom stereocenters. The Morgan fingerprint density at radius 1 is 1.42 bits per heavy atom. The quantitative estimate of drug-likeness (QED) is 0.857. The first-order valence-corrected chi connectivity index (χ1v) is 8.15. The Kier molecular flexibility index (Phi) is 3.12. The second-order valence-electron chi connectivity index (χ2n) is 7.48. The van der Waals surface area contributed by atoms with Crippen LogP contribution in [0.3, 0.4) is 0 Å². The van der Waals surface area contributed by atoms with Crippen LogP contribution in [0.5, 0.6) is 0 Å². The number of halogens is 1. The van der Waals surface area contributed by atoms with Crippen LogP contribution in [0, 0.1) is 11.2 Å². The molecule has 0 aromatic carbocycles. The van der Waals surface area contributed by atoms with Gasteiger partial charge < -0.3 is 19.8 Å². The van der Waals surface area contributed by atoms with E-state index in [1.165, 1.54) is 6.20 Å². The Hall–Kier alpha value is -1.92. The molecule has 1 saturated carbocycles. The van der Waals surface area contributed by atoms with Crippen LogP contribution in [0.15, 0.2) is 31.1 Å². The van der Waals surface area contributed by atoms with Gasteiger partial charge in [-0.1, -0.05) is 13.0 Å². The zero-order chi connectivity index (χ0) is 17.3. The van der Waals surface area contributed by atoms with Crippen LogP contribution in [0.4, 0.5) is 10.2 Å². The van der Waals surface area contributed by atoms with Crippen molar-refractivity contribution in [2.45, 2.75) is 51.2 Å². The molecular weight excluding hydrogens is 309 g/mol. The number of nitrogen functional groups attached to an aromatic ring is 1. The highest BCUT2D eigenvalue weighted by Gasteiger charge is 2.59. The van der Waals surface area contributed by atoms with E-state index in [0.717, 1.165) is 6.42 Å². The van der Waals surface area contributed by atoms with Gasteiger partial charge in [0.1, 0.15) is 11.9 Å². The number of hydrogen-bond acceptors (Lipinski definition) is 4. The van der Waals surface area contributed by atoms with Crippen LogP contribution in [0.2, 0.25) is 0 Å². The fourth-order valence-electron chi connectivity index (χ4n) is 4.16. The second-order valence-corrected chi connectivity index (χ2v) is 7.48. The summed E-state index contributed by atoms with van der Waals surface area (Å²) in [6, 6.07) is 1.74. The van der Waals surface area contributed by atoms with Crippen LogP contribution in [0.1, 0.15) is 33.2 Å². The van der Waals surface area contributed by atoms with Crippen molar-refractivity contribution < 1.29 is 13.9 Å². The van der Waals surface area contributed by atoms with Gasteiger partial charge in [-0.05, 0) is 26.3 Å². The number of ether oxygens (including phenoxy) is 2. The Bertz CT molecular complexity index is 831. The van der Waals surface area contributed by atoms with E-state index in [9.17, 15) is 4.39 Å². The largest absolute Gasteiger partial charge is 0.383 e. The molecule has 5 nitrogen and oxygen atoms in total. The molecule has 4 rings (SSSR count). The Labute approximate surface area is 140 Å². The van der Waals surface area contributed by atoms with E-state index >= 15 is 0 Å². The van der Waals surface area contributed by atoms with Crippen molar-refractivity contribution in [3.05, 3.63) is 36.9 Å². The molecule has 1 aliphatic carbocycles. The summed E-state index contributed by atoms with van der Waals surface area (Å²) < 4.78 is 28.7. The number of anilines is 1. The molecule has 0 spiro atoms. The molecule has 2 aromatic heterocycles. The van der Waals surface area contributed by atoms with E-state index in [2.05, 4.69) is 18.5 Å². The summed E-state index contributed by atoms with van der Waals surface area (Å²) in [5, 5.41) is 0.622. The van der Waals surface area contributed by atoms with Crippen LogP contribution < -0.4 is 5.73 Å². The number of hydrogen-bond donors (Lipinski definition) is 1. The van der Waals surface area contributed by atoms with E-state index in [-0.39, 0.29) is 29.5 Å². The van der Waals surface area contributed by atoms with Gasteiger partial charge in [-0.3, -0.25) is 0 Å². The van der Waals surface area contributed by atoms with E-state index in [0.29, 0.717) is 16.7 Å². The summed E-state index contributed by atoms with van der Waals surface area (Å²) >= 11 is 0. The lowest BCUT2D eigenvalue weighted by Gasteiger charge is -2.28. The molecule has 1 saturated heterocycles. The lowest BCUT2D eigenvalue weighted by Crippen LogP contribution is -2.31. The fourth-order valence-corrected chi connectivity index (χ4v) is 4.16. The normalized spacial score (nSPS) is 34.6. The van der Waals surface area contributed by atoms with Gasteiger partial charge in [0.15, 0.2) is 11.6 Å². The third-order valence-electron chi connectivity index (χ3n) is 5.37. The summed E-state index contributed by atoms with van der Waals surface area (Å²) in [7, 11) is 0. The monoisotopic (exact) mass is 331 g/mol. The first-order valence-electron chi connectivity index (χ1n) is 8.15. The van der Waals surface area contributed by atoms with Crippen LogP contribution in [-0.2, 0) is 9.47 Å². The van der Waals surface area contributed by atoms with Crippen LogP contribution in [0.25, 0.3) is 10.9 Å². The molecule has 2 aliphatic rings. The second kappa shape index (κ2) is 4.80. The molecule has 2 aromatic rings. The van der Waals surface area contributed by atoms with Crippen molar-refractivity contribution in [3.63, 3.8) is 0 Å². The number of aromatic nitrogens is 2. The summed E-state index contributed by atoms with van der Waals surface area (Å²) in [5.74, 6) is -0.721. The standard InChI is InChI=1S/C18H22FN3O2/c1-5-18(4)8-12(14-15(18)24-17(2,3)23-14)22-7-6-10-13(22)11(19)9-21-16(10)20/h5-7,9,12,14-15H,1,8H2,2-4H3,(H2,20,21)/t12?,14-,15-,18-/m0/s1. The average molecular weight is 331 g/mol. The lowest BCUT2D eigenvalue weighted by molar-refractivity contribution is -0.164. The molecule has 1 unspecified atom stereocenters. The van der Waals surface area contributed by atoms with Crippen LogP contribution in [-0.4, -0.2) is 27.5 Å². The van der Waals surface area contributed by atoms with Gasteiger partial charge in [0, 0.05) is 17.0 Å². The summed E-state index contributed by atoms with van der Waals surface area (Å²) in [6.45, 7) is 9.90. The van der Waals surface area contributed by atoms with Crippen molar-refractivity contribution in [3.8, 4) is 0 Å². The molecule has 0 amide bonds. The van der Waals surface area contributed by atoms with E-state index in [1.807, 2.05) is 30.7 Å². The van der Waals surface area contributed by atoms with Gasteiger partial charge >= 0.3 is 0 Å². The Morgan fingerprint density at radius 2 is 2.17 bits per heavy atom. The van der Waals surface area contributed by atoms with Crippen molar-refractivity contribution in [2.24, 2.45) is 5.41 Å². The average Bonchev–Trinajstić information content (AvgIpc) is 3.16. The maximum absolute atomic E-state index is 14.5. The van der Waals surface area contributed by atoms with Gasteiger partial charge in [0.2, 0.25) is 0 Å². The van der Waals surface area contributed by atoms with Gasteiger partial charge in [-0.2, -0.15) is 0 Å². The molecule has 128 valence electrons. The third-order valence-corrected chi connectivity index (χ3v) is 5.37. The number of pyridine rings is 1. The summed E-state index contributed by atoms with van der Waals surface area (Å²) in [4.78, 5) is 3.90. The molecule has 24 heavy (non-hydrogen) atoms. The van der Waals surface area contributed by atoms with Gasteiger partial charge in [-0.15, -0.1) is 6.58 Å². The van der Waals surface area contributed by atoms with Gasteiger partial charge in [0.25, 0.3) is 0 Å². The fraction of sp³-hybridized carbons (Fsp3) is 0.500. The molecule has 2 N–H and O–H groups in total. The highest BCUT2D eigenvalue weighted by atomic mass is 19.1. The maximum atomic E-state index is 14.5. The molecule has 1 aliphatic heterocycles. The van der Waals surface area contributed by atoms with Crippen molar-refractivity contribution >= 4 is 16.7 Å². The van der Waals surface area contributed by atoms with Gasteiger partial charge in [0.05, 0.1) is 23.9 Å². The van der Waals surface area contributed by atoms with E-state index < -0.39 is 5.79 Å². The predicted molar refractivity (Wildman–Crippen MR) is 89.9 cm³/mol. The van der Waals surface area contributed by atoms with E-state index in [1.54, 1.807) is 6.07 Å². The summed E-state index contributed by atoms with van der Waals surface area (Å²) in [6.07, 6.45) is 5.42. The van der Waals surface area contributed by atoms with Crippen molar-refractivity contribution in [1.82, 2.24) is 9.55 Å². The maximum Gasteiger partial charge on any atom is 0.165 e. The minimum Gasteiger partial charge on any atom is -0.383 e. The lowest BCUT2D eigenvalue weighted by atomic mass is 9.86. The van der Waals surface area contributed by atoms with Crippen molar-refractivity contribution in [1.29, 1.82) is 0 Å². The predicted octanol–water partition coefficient (Wildman–Crippen LogP) is 3.41. The molecular formula is C18H22FN3O2. The number of nitrogens with zero attached hydrogens (tertiary/aromatic N) is 2. The van der Waals surface area contributed by atoms with Gasteiger partial charge in [-0.25, -0.2) is 9.37 Å². The summed E-state index contributed by atoms with van der Waals surface area (Å²) in [5.41, 5.74) is 6.13. The van der Waals surface area contributed by atoms with Crippen molar-refractivity contribution in [2.75, 3.05) is 5.73 Å².